The quantitative estimate of drug-likeness (QED) is 0.711. The van der Waals surface area contributed by atoms with Gasteiger partial charge in [-0.15, -0.1) is 0 Å². The Morgan fingerprint density at radius 3 is 2.00 bits per heavy atom. The maximum absolute atomic E-state index is 11.9. The fraction of sp³-hybridized carbons (Fsp3) is 1.00. The van der Waals surface area contributed by atoms with Crippen molar-refractivity contribution in [2.24, 2.45) is 0 Å². The van der Waals surface area contributed by atoms with Gasteiger partial charge in [0.25, 0.3) is 0 Å². The zero-order valence-corrected chi connectivity index (χ0v) is 10.3. The Labute approximate surface area is 92.3 Å². The topological polar surface area (TPSA) is 40.6 Å². The summed E-state index contributed by atoms with van der Waals surface area (Å²) in [5, 5.41) is -0.0527. The molecule has 88 valence electrons. The lowest BCUT2D eigenvalue weighted by atomic mass is 10.3. The van der Waals surface area contributed by atoms with Crippen molar-refractivity contribution in [1.82, 2.24) is 9.21 Å². The van der Waals surface area contributed by atoms with Crippen LogP contribution in [-0.4, -0.2) is 55.1 Å². The molecular formula is C10H20N2O2S. The van der Waals surface area contributed by atoms with E-state index in [-0.39, 0.29) is 5.25 Å². The van der Waals surface area contributed by atoms with Gasteiger partial charge >= 0.3 is 0 Å². The second kappa shape index (κ2) is 4.03. The molecule has 0 amide bonds. The largest absolute Gasteiger partial charge is 0.298 e. The van der Waals surface area contributed by atoms with Crippen LogP contribution in [0.2, 0.25) is 0 Å². The van der Waals surface area contributed by atoms with Crippen molar-refractivity contribution in [3.05, 3.63) is 0 Å². The summed E-state index contributed by atoms with van der Waals surface area (Å²) in [6.45, 7) is 7.43. The highest BCUT2D eigenvalue weighted by Crippen LogP contribution is 2.31. The smallest absolute Gasteiger partial charge is 0.217 e. The Hall–Kier alpha value is -0.130. The van der Waals surface area contributed by atoms with E-state index in [9.17, 15) is 8.42 Å². The van der Waals surface area contributed by atoms with E-state index < -0.39 is 10.0 Å². The molecule has 1 aliphatic heterocycles. The zero-order valence-electron chi connectivity index (χ0n) is 9.52. The summed E-state index contributed by atoms with van der Waals surface area (Å²) in [6.07, 6.45) is 1.74. The third-order valence-electron chi connectivity index (χ3n) is 3.31. The van der Waals surface area contributed by atoms with Crippen LogP contribution in [0, 0.1) is 0 Å². The molecule has 0 radical (unpaired) electrons. The Kier molecular flexibility index (Phi) is 3.05. The molecule has 4 nitrogen and oxygen atoms in total. The fourth-order valence-corrected chi connectivity index (χ4v) is 3.88. The lowest BCUT2D eigenvalue weighted by Crippen LogP contribution is -2.51. The number of piperazine rings is 1. The first kappa shape index (κ1) is 11.4. The molecule has 15 heavy (non-hydrogen) atoms. The van der Waals surface area contributed by atoms with E-state index in [1.165, 1.54) is 0 Å². The highest BCUT2D eigenvalue weighted by molar-refractivity contribution is 7.90. The SMILES string of the molecule is CC(C)N1CCN(S(=O)(=O)C2CC2)CC1. The van der Waals surface area contributed by atoms with Crippen molar-refractivity contribution >= 4 is 10.0 Å². The summed E-state index contributed by atoms with van der Waals surface area (Å²) >= 11 is 0. The molecular weight excluding hydrogens is 212 g/mol. The highest BCUT2D eigenvalue weighted by atomic mass is 32.2. The molecule has 5 heteroatoms. The van der Waals surface area contributed by atoms with E-state index in [0.717, 1.165) is 25.9 Å². The average molecular weight is 232 g/mol. The lowest BCUT2D eigenvalue weighted by molar-refractivity contribution is 0.154. The lowest BCUT2D eigenvalue weighted by Gasteiger charge is -2.36. The van der Waals surface area contributed by atoms with Crippen molar-refractivity contribution in [3.8, 4) is 0 Å². The average Bonchev–Trinajstić information content (AvgIpc) is 3.01. The predicted octanol–water partition coefficient (Wildman–Crippen LogP) is 0.505. The molecule has 2 rings (SSSR count). The summed E-state index contributed by atoms with van der Waals surface area (Å²) in [4.78, 5) is 2.33. The Morgan fingerprint density at radius 2 is 1.60 bits per heavy atom. The summed E-state index contributed by atoms with van der Waals surface area (Å²) in [5.74, 6) is 0. The van der Waals surface area contributed by atoms with Gasteiger partial charge < -0.3 is 0 Å². The van der Waals surface area contributed by atoms with E-state index in [1.54, 1.807) is 4.31 Å². The van der Waals surface area contributed by atoms with Crippen LogP contribution >= 0.6 is 0 Å². The third-order valence-corrected chi connectivity index (χ3v) is 5.71. The number of rotatable bonds is 3. The van der Waals surface area contributed by atoms with Gasteiger partial charge in [-0.3, -0.25) is 4.90 Å². The van der Waals surface area contributed by atoms with Gasteiger partial charge in [-0.05, 0) is 26.7 Å². The van der Waals surface area contributed by atoms with Crippen LogP contribution in [-0.2, 0) is 10.0 Å². The summed E-state index contributed by atoms with van der Waals surface area (Å²) < 4.78 is 25.5. The van der Waals surface area contributed by atoms with Crippen molar-refractivity contribution < 1.29 is 8.42 Å². The van der Waals surface area contributed by atoms with Crippen LogP contribution in [0.1, 0.15) is 26.7 Å². The zero-order chi connectivity index (χ0) is 11.1. The number of nitrogens with zero attached hydrogens (tertiary/aromatic N) is 2. The van der Waals surface area contributed by atoms with Gasteiger partial charge in [0.1, 0.15) is 0 Å². The maximum atomic E-state index is 11.9. The standard InChI is InChI=1S/C10H20N2O2S/c1-9(2)11-5-7-12(8-6-11)15(13,14)10-3-4-10/h9-10H,3-8H2,1-2H3. The third kappa shape index (κ3) is 2.34. The first-order valence-electron chi connectivity index (χ1n) is 5.75. The van der Waals surface area contributed by atoms with Crippen molar-refractivity contribution in [1.29, 1.82) is 0 Å². The minimum absolute atomic E-state index is 0.0527. The Morgan fingerprint density at radius 1 is 1.07 bits per heavy atom. The van der Waals surface area contributed by atoms with Crippen LogP contribution in [0.5, 0.6) is 0 Å². The summed E-state index contributed by atoms with van der Waals surface area (Å²) in [5.41, 5.74) is 0. The Balaban J connectivity index is 1.93. The van der Waals surface area contributed by atoms with E-state index in [0.29, 0.717) is 19.1 Å². The molecule has 0 bridgehead atoms. The molecule has 0 aromatic heterocycles. The minimum atomic E-state index is -2.93. The molecule has 2 aliphatic rings. The molecule has 1 heterocycles. The highest BCUT2D eigenvalue weighted by Gasteiger charge is 2.40. The van der Waals surface area contributed by atoms with Crippen LogP contribution in [0.15, 0.2) is 0 Å². The number of hydrogen-bond donors (Lipinski definition) is 0. The van der Waals surface area contributed by atoms with Crippen LogP contribution in [0.3, 0.4) is 0 Å². The van der Waals surface area contributed by atoms with E-state index in [1.807, 2.05) is 0 Å². The monoisotopic (exact) mass is 232 g/mol. The maximum Gasteiger partial charge on any atom is 0.217 e. The van der Waals surface area contributed by atoms with Gasteiger partial charge in [0, 0.05) is 32.2 Å². The second-order valence-corrected chi connectivity index (χ2v) is 6.99. The van der Waals surface area contributed by atoms with Gasteiger partial charge in [-0.25, -0.2) is 8.42 Å². The molecule has 0 N–H and O–H groups in total. The molecule has 1 aliphatic carbocycles. The molecule has 0 spiro atoms. The predicted molar refractivity (Wildman–Crippen MR) is 60.2 cm³/mol. The van der Waals surface area contributed by atoms with Crippen molar-refractivity contribution in [3.63, 3.8) is 0 Å². The van der Waals surface area contributed by atoms with E-state index in [2.05, 4.69) is 18.7 Å². The van der Waals surface area contributed by atoms with Gasteiger partial charge in [0.15, 0.2) is 0 Å². The fourth-order valence-electron chi connectivity index (χ4n) is 2.05. The number of hydrogen-bond acceptors (Lipinski definition) is 3. The molecule has 0 aromatic carbocycles. The van der Waals surface area contributed by atoms with E-state index in [4.69, 9.17) is 0 Å². The van der Waals surface area contributed by atoms with Gasteiger partial charge in [-0.2, -0.15) is 4.31 Å². The molecule has 1 saturated carbocycles. The molecule has 2 fully saturated rings. The molecule has 0 aromatic rings. The molecule has 1 saturated heterocycles. The summed E-state index contributed by atoms with van der Waals surface area (Å²) in [6, 6.07) is 0.524. The van der Waals surface area contributed by atoms with Crippen molar-refractivity contribution in [2.75, 3.05) is 26.2 Å². The second-order valence-electron chi connectivity index (χ2n) is 4.77. The van der Waals surface area contributed by atoms with Crippen molar-refractivity contribution in [2.45, 2.75) is 38.0 Å². The first-order chi connectivity index (χ1) is 7.01. The summed E-state index contributed by atoms with van der Waals surface area (Å²) in [7, 11) is -2.93. The Bertz CT molecular complexity index is 314. The van der Waals surface area contributed by atoms with Crippen LogP contribution in [0.25, 0.3) is 0 Å². The van der Waals surface area contributed by atoms with Crippen LogP contribution < -0.4 is 0 Å². The van der Waals surface area contributed by atoms with Gasteiger partial charge in [0.2, 0.25) is 10.0 Å². The molecule has 0 atom stereocenters. The van der Waals surface area contributed by atoms with Gasteiger partial charge in [0.05, 0.1) is 5.25 Å². The first-order valence-corrected chi connectivity index (χ1v) is 7.25. The molecule has 0 unspecified atom stereocenters. The minimum Gasteiger partial charge on any atom is -0.298 e. The normalized spacial score (nSPS) is 26.1. The van der Waals surface area contributed by atoms with Gasteiger partial charge in [-0.1, -0.05) is 0 Å². The van der Waals surface area contributed by atoms with E-state index >= 15 is 0 Å². The van der Waals surface area contributed by atoms with Crippen LogP contribution in [0.4, 0.5) is 0 Å². The number of sulfonamides is 1.